The second kappa shape index (κ2) is 6.20. The molecule has 0 aliphatic heterocycles. The molecular weight excluding hydrogens is 176 g/mol. The second-order valence-corrected chi connectivity index (χ2v) is 4.26. The van der Waals surface area contributed by atoms with Crippen molar-refractivity contribution in [2.24, 2.45) is 0 Å². The predicted octanol–water partition coefficient (Wildman–Crippen LogP) is 2.91. The van der Waals surface area contributed by atoms with Crippen LogP contribution in [0.4, 0.5) is 0 Å². The van der Waals surface area contributed by atoms with Crippen LogP contribution in [0, 0.1) is 0 Å². The molecule has 0 spiro atoms. The number of hydrogen-bond acceptors (Lipinski definition) is 2. The number of allylic oxidation sites excluding steroid dienone is 2. The van der Waals surface area contributed by atoms with Gasteiger partial charge in [-0.2, -0.15) is 0 Å². The first-order valence-corrected chi connectivity index (χ1v) is 5.33. The summed E-state index contributed by atoms with van der Waals surface area (Å²) in [6.45, 7) is 8.11. The summed E-state index contributed by atoms with van der Waals surface area (Å²) in [5.74, 6) is 0. The van der Waals surface area contributed by atoms with E-state index in [0.717, 1.165) is 19.3 Å². The first-order chi connectivity index (χ1) is 6.46. The quantitative estimate of drug-likeness (QED) is 0.668. The molecule has 84 valence electrons. The van der Waals surface area contributed by atoms with Gasteiger partial charge in [-0.25, -0.2) is 0 Å². The highest BCUT2D eigenvalue weighted by atomic mass is 16.5. The molecule has 0 aliphatic carbocycles. The highest BCUT2D eigenvalue weighted by Crippen LogP contribution is 2.23. The van der Waals surface area contributed by atoms with Gasteiger partial charge in [-0.3, -0.25) is 0 Å². The predicted molar refractivity (Wildman–Crippen MR) is 60.4 cm³/mol. The largest absolute Gasteiger partial charge is 0.390 e. The summed E-state index contributed by atoms with van der Waals surface area (Å²) in [5.41, 5.74) is 0.912. The van der Waals surface area contributed by atoms with E-state index in [-0.39, 0.29) is 6.10 Å². The summed E-state index contributed by atoms with van der Waals surface area (Å²) in [6.07, 6.45) is 4.37. The molecule has 0 rings (SSSR count). The summed E-state index contributed by atoms with van der Waals surface area (Å²) in [6, 6.07) is 0. The topological polar surface area (TPSA) is 29.5 Å². The molecule has 0 unspecified atom stereocenters. The first kappa shape index (κ1) is 13.7. The van der Waals surface area contributed by atoms with Crippen LogP contribution in [-0.4, -0.2) is 23.9 Å². The number of hydrogen-bond donors (Lipinski definition) is 1. The lowest BCUT2D eigenvalue weighted by Gasteiger charge is -2.32. The Kier molecular flexibility index (Phi) is 6.05. The van der Waals surface area contributed by atoms with Gasteiger partial charge in [0.1, 0.15) is 0 Å². The van der Waals surface area contributed by atoms with Crippen LogP contribution in [0.5, 0.6) is 0 Å². The summed E-state index contributed by atoms with van der Waals surface area (Å²) < 4.78 is 5.39. The Labute approximate surface area is 88.0 Å². The molecule has 2 heteroatoms. The van der Waals surface area contributed by atoms with Crippen molar-refractivity contribution < 1.29 is 9.84 Å². The van der Waals surface area contributed by atoms with Crippen molar-refractivity contribution in [3.05, 3.63) is 11.6 Å². The maximum absolute atomic E-state index is 9.80. The van der Waals surface area contributed by atoms with Gasteiger partial charge in [-0.05, 0) is 40.0 Å². The monoisotopic (exact) mass is 200 g/mol. The third-order valence-electron chi connectivity index (χ3n) is 2.75. The number of aliphatic hydroxyl groups excluding tert-OH is 1. The maximum atomic E-state index is 9.80. The lowest BCUT2D eigenvalue weighted by atomic mass is 9.91. The van der Waals surface area contributed by atoms with E-state index < -0.39 is 5.60 Å². The van der Waals surface area contributed by atoms with Gasteiger partial charge in [0.05, 0.1) is 11.7 Å². The number of ether oxygens (including phenoxy) is 1. The average molecular weight is 200 g/mol. The number of methoxy groups -OCH3 is 1. The summed E-state index contributed by atoms with van der Waals surface area (Å²) >= 11 is 0. The lowest BCUT2D eigenvalue weighted by molar-refractivity contribution is -0.0952. The Morgan fingerprint density at radius 1 is 1.50 bits per heavy atom. The van der Waals surface area contributed by atoms with Crippen LogP contribution < -0.4 is 0 Å². The zero-order valence-corrected chi connectivity index (χ0v) is 10.1. The molecule has 2 nitrogen and oxygen atoms in total. The van der Waals surface area contributed by atoms with Crippen LogP contribution in [0.3, 0.4) is 0 Å². The molecule has 0 fully saturated rings. The van der Waals surface area contributed by atoms with Crippen molar-refractivity contribution in [2.75, 3.05) is 7.11 Å². The number of rotatable bonds is 6. The fourth-order valence-corrected chi connectivity index (χ4v) is 1.48. The fraction of sp³-hybridized carbons (Fsp3) is 0.833. The molecule has 1 N–H and O–H groups in total. The maximum Gasteiger partial charge on any atom is 0.0911 e. The van der Waals surface area contributed by atoms with E-state index in [9.17, 15) is 5.11 Å². The van der Waals surface area contributed by atoms with Gasteiger partial charge in [0.15, 0.2) is 0 Å². The Balaban J connectivity index is 4.19. The molecule has 14 heavy (non-hydrogen) atoms. The van der Waals surface area contributed by atoms with E-state index in [2.05, 4.69) is 19.9 Å². The minimum atomic E-state index is -0.402. The minimum absolute atomic E-state index is 0.377. The molecule has 0 aromatic rings. The van der Waals surface area contributed by atoms with Gasteiger partial charge >= 0.3 is 0 Å². The SMILES string of the molecule is CC[C@@H](O)[C@@](C)(CCC=C(C)C)OC. The van der Waals surface area contributed by atoms with E-state index in [1.54, 1.807) is 7.11 Å². The molecule has 0 aromatic carbocycles. The zero-order chi connectivity index (χ0) is 11.2. The molecule has 0 saturated heterocycles. The van der Waals surface area contributed by atoms with E-state index >= 15 is 0 Å². The second-order valence-electron chi connectivity index (χ2n) is 4.26. The molecule has 0 amide bonds. The Hall–Kier alpha value is -0.340. The van der Waals surface area contributed by atoms with Gasteiger partial charge in [0.2, 0.25) is 0 Å². The van der Waals surface area contributed by atoms with E-state index in [4.69, 9.17) is 4.74 Å². The Morgan fingerprint density at radius 3 is 2.43 bits per heavy atom. The number of aliphatic hydroxyl groups is 1. The van der Waals surface area contributed by atoms with Gasteiger partial charge in [-0.15, -0.1) is 0 Å². The molecule has 2 atom stereocenters. The Bertz CT molecular complexity index is 183. The normalized spacial score (nSPS) is 17.3. The van der Waals surface area contributed by atoms with Crippen LogP contribution in [0.15, 0.2) is 11.6 Å². The van der Waals surface area contributed by atoms with E-state index in [0.29, 0.717) is 0 Å². The van der Waals surface area contributed by atoms with Gasteiger partial charge in [0, 0.05) is 7.11 Å². The fourth-order valence-electron chi connectivity index (χ4n) is 1.48. The van der Waals surface area contributed by atoms with Crippen molar-refractivity contribution in [1.82, 2.24) is 0 Å². The van der Waals surface area contributed by atoms with Crippen molar-refractivity contribution in [3.8, 4) is 0 Å². The van der Waals surface area contributed by atoms with Crippen molar-refractivity contribution in [1.29, 1.82) is 0 Å². The highest BCUT2D eigenvalue weighted by Gasteiger charge is 2.30. The van der Waals surface area contributed by atoms with Crippen LogP contribution in [0.2, 0.25) is 0 Å². The van der Waals surface area contributed by atoms with E-state index in [1.807, 2.05) is 13.8 Å². The first-order valence-electron chi connectivity index (χ1n) is 5.33. The van der Waals surface area contributed by atoms with Crippen LogP contribution in [-0.2, 0) is 4.74 Å². The lowest BCUT2D eigenvalue weighted by Crippen LogP contribution is -2.40. The molecule has 0 saturated carbocycles. The third-order valence-corrected chi connectivity index (χ3v) is 2.75. The third kappa shape index (κ3) is 4.25. The highest BCUT2D eigenvalue weighted by molar-refractivity contribution is 4.95. The van der Waals surface area contributed by atoms with Gasteiger partial charge in [0.25, 0.3) is 0 Å². The van der Waals surface area contributed by atoms with Gasteiger partial charge in [-0.1, -0.05) is 18.6 Å². The molecule has 0 heterocycles. The van der Waals surface area contributed by atoms with Crippen molar-refractivity contribution in [3.63, 3.8) is 0 Å². The molecule has 0 bridgehead atoms. The minimum Gasteiger partial charge on any atom is -0.390 e. The summed E-state index contributed by atoms with van der Waals surface area (Å²) in [5, 5.41) is 9.80. The van der Waals surface area contributed by atoms with Crippen LogP contribution in [0.1, 0.15) is 47.0 Å². The van der Waals surface area contributed by atoms with Crippen molar-refractivity contribution >= 4 is 0 Å². The molecule has 0 aromatic heterocycles. The smallest absolute Gasteiger partial charge is 0.0911 e. The molecule has 0 aliphatic rings. The molecular formula is C12H24O2. The van der Waals surface area contributed by atoms with Crippen LogP contribution >= 0.6 is 0 Å². The molecule has 0 radical (unpaired) electrons. The van der Waals surface area contributed by atoms with Crippen molar-refractivity contribution in [2.45, 2.75) is 58.7 Å². The summed E-state index contributed by atoms with van der Waals surface area (Å²) in [4.78, 5) is 0. The van der Waals surface area contributed by atoms with Crippen LogP contribution in [0.25, 0.3) is 0 Å². The Morgan fingerprint density at radius 2 is 2.07 bits per heavy atom. The summed E-state index contributed by atoms with van der Waals surface area (Å²) in [7, 11) is 1.67. The van der Waals surface area contributed by atoms with Gasteiger partial charge < -0.3 is 9.84 Å². The standard InChI is InChI=1S/C12H24O2/c1-6-11(13)12(4,14-5)9-7-8-10(2)3/h8,11,13H,6-7,9H2,1-5H3/t11-,12-/m1/s1. The zero-order valence-electron chi connectivity index (χ0n) is 10.1. The average Bonchev–Trinajstić information content (AvgIpc) is 2.15. The van der Waals surface area contributed by atoms with E-state index in [1.165, 1.54) is 5.57 Å².